The van der Waals surface area contributed by atoms with E-state index in [2.05, 4.69) is 0 Å². The zero-order valence-electron chi connectivity index (χ0n) is 13.7. The summed E-state index contributed by atoms with van der Waals surface area (Å²) < 4.78 is 85.3. The van der Waals surface area contributed by atoms with Gasteiger partial charge in [0, 0.05) is 25.1 Å². The van der Waals surface area contributed by atoms with Crippen molar-refractivity contribution in [2.24, 2.45) is 5.92 Å². The van der Waals surface area contributed by atoms with Crippen LogP contribution in [0, 0.1) is 11.7 Å². The lowest BCUT2D eigenvalue weighted by molar-refractivity contribution is -0.140. The molecule has 1 N–H and O–H groups in total. The van der Waals surface area contributed by atoms with Crippen LogP contribution in [0.2, 0.25) is 0 Å². The van der Waals surface area contributed by atoms with E-state index in [1.807, 2.05) is 0 Å². The van der Waals surface area contributed by atoms with Crippen molar-refractivity contribution in [3.63, 3.8) is 0 Å². The van der Waals surface area contributed by atoms with Gasteiger partial charge in [0.1, 0.15) is 5.82 Å². The molecule has 26 heavy (non-hydrogen) atoms. The number of rotatable bonds is 3. The Bertz CT molecular complexity index is 768. The molecule has 146 valence electrons. The maximum absolute atomic E-state index is 13.3. The molecule has 2 fully saturated rings. The third-order valence-electron chi connectivity index (χ3n) is 4.94. The number of ether oxygens (including phenoxy) is 1. The molecule has 0 saturated carbocycles. The predicted octanol–water partition coefficient (Wildman–Crippen LogP) is 2.40. The van der Waals surface area contributed by atoms with Crippen LogP contribution in [0.3, 0.4) is 0 Å². The quantitative estimate of drug-likeness (QED) is 0.796. The number of nitrogens with zero attached hydrogens (tertiary/aromatic N) is 1. The number of aliphatic hydroxyl groups is 1. The van der Waals surface area contributed by atoms with Crippen LogP contribution in [0.5, 0.6) is 0 Å². The van der Waals surface area contributed by atoms with E-state index in [0.717, 1.165) is 4.31 Å². The number of aliphatic hydroxyl groups excluding tert-OH is 1. The van der Waals surface area contributed by atoms with Crippen LogP contribution in [0.15, 0.2) is 23.1 Å². The second kappa shape index (κ2) is 7.06. The lowest BCUT2D eigenvalue weighted by Crippen LogP contribution is -2.48. The molecular formula is C16H19F4NO4S. The van der Waals surface area contributed by atoms with Crippen molar-refractivity contribution in [3.05, 3.63) is 29.6 Å². The van der Waals surface area contributed by atoms with Crippen molar-refractivity contribution in [2.45, 2.75) is 42.5 Å². The largest absolute Gasteiger partial charge is 0.417 e. The summed E-state index contributed by atoms with van der Waals surface area (Å²) in [6.45, 7) is 0.547. The topological polar surface area (TPSA) is 66.8 Å². The first-order valence-electron chi connectivity index (χ1n) is 8.27. The number of benzene rings is 1. The van der Waals surface area contributed by atoms with Gasteiger partial charge in [-0.1, -0.05) is 0 Å². The van der Waals surface area contributed by atoms with Crippen molar-refractivity contribution < 1.29 is 35.8 Å². The molecule has 0 spiro atoms. The highest BCUT2D eigenvalue weighted by atomic mass is 32.2. The SMILES string of the molecule is O=S(=O)(c1ccc(F)cc1C(F)(F)F)N1CCCC1C1COCCC1O. The Morgan fingerprint density at radius 2 is 1.96 bits per heavy atom. The molecule has 2 saturated heterocycles. The van der Waals surface area contributed by atoms with Crippen molar-refractivity contribution >= 4 is 10.0 Å². The Kier molecular flexibility index (Phi) is 5.31. The highest BCUT2D eigenvalue weighted by Crippen LogP contribution is 2.39. The standard InChI is InChI=1S/C16H19F4NO4S/c17-10-3-4-15(12(8-10)16(18,19)20)26(23,24)21-6-1-2-13(21)11-9-25-7-5-14(11)22/h3-4,8,11,13-14,22H,1-2,5-7,9H2. The van der Waals surface area contributed by atoms with Crippen molar-refractivity contribution in [3.8, 4) is 0 Å². The minimum Gasteiger partial charge on any atom is -0.393 e. The molecule has 10 heteroatoms. The van der Waals surface area contributed by atoms with Gasteiger partial charge in [-0.15, -0.1) is 0 Å². The predicted molar refractivity (Wildman–Crippen MR) is 83.2 cm³/mol. The maximum Gasteiger partial charge on any atom is 0.417 e. The van der Waals surface area contributed by atoms with E-state index < -0.39 is 50.5 Å². The summed E-state index contributed by atoms with van der Waals surface area (Å²) in [7, 11) is -4.51. The minimum absolute atomic E-state index is 0.0465. The fourth-order valence-electron chi connectivity index (χ4n) is 3.68. The van der Waals surface area contributed by atoms with Crippen LogP contribution in [-0.2, 0) is 20.9 Å². The van der Waals surface area contributed by atoms with Crippen LogP contribution in [0.4, 0.5) is 17.6 Å². The average Bonchev–Trinajstić information content (AvgIpc) is 3.04. The second-order valence-corrected chi connectivity index (χ2v) is 8.42. The molecule has 0 aliphatic carbocycles. The average molecular weight is 397 g/mol. The van der Waals surface area contributed by atoms with Gasteiger partial charge in [0.25, 0.3) is 0 Å². The van der Waals surface area contributed by atoms with Gasteiger partial charge in [-0.25, -0.2) is 12.8 Å². The Morgan fingerprint density at radius 1 is 1.23 bits per heavy atom. The molecule has 3 rings (SSSR count). The van der Waals surface area contributed by atoms with E-state index >= 15 is 0 Å². The van der Waals surface area contributed by atoms with E-state index in [-0.39, 0.29) is 19.2 Å². The molecule has 3 unspecified atom stereocenters. The number of hydrogen-bond donors (Lipinski definition) is 1. The van der Waals surface area contributed by atoms with Gasteiger partial charge in [0.2, 0.25) is 10.0 Å². The third-order valence-corrected chi connectivity index (χ3v) is 6.92. The first-order valence-corrected chi connectivity index (χ1v) is 9.71. The van der Waals surface area contributed by atoms with Crippen molar-refractivity contribution in [1.82, 2.24) is 4.31 Å². The molecule has 3 atom stereocenters. The number of sulfonamides is 1. The fourth-order valence-corrected chi connectivity index (χ4v) is 5.62. The summed E-state index contributed by atoms with van der Waals surface area (Å²) in [4.78, 5) is -0.968. The highest BCUT2D eigenvalue weighted by Gasteiger charge is 2.46. The summed E-state index contributed by atoms with van der Waals surface area (Å²) in [6.07, 6.45) is -4.55. The van der Waals surface area contributed by atoms with Crippen molar-refractivity contribution in [1.29, 1.82) is 0 Å². The van der Waals surface area contributed by atoms with Gasteiger partial charge in [-0.05, 0) is 37.5 Å². The molecule has 0 radical (unpaired) electrons. The molecule has 0 aromatic heterocycles. The number of hydrogen-bond acceptors (Lipinski definition) is 4. The highest BCUT2D eigenvalue weighted by molar-refractivity contribution is 7.89. The maximum atomic E-state index is 13.3. The molecule has 0 bridgehead atoms. The normalized spacial score (nSPS) is 28.4. The summed E-state index contributed by atoms with van der Waals surface area (Å²) in [6, 6.07) is 0.889. The smallest absolute Gasteiger partial charge is 0.393 e. The van der Waals surface area contributed by atoms with Crippen LogP contribution < -0.4 is 0 Å². The van der Waals surface area contributed by atoms with E-state index in [4.69, 9.17) is 4.74 Å². The monoisotopic (exact) mass is 397 g/mol. The summed E-state index contributed by atoms with van der Waals surface area (Å²) in [5.41, 5.74) is -1.52. The van der Waals surface area contributed by atoms with Crippen LogP contribution in [-0.4, -0.2) is 49.7 Å². The van der Waals surface area contributed by atoms with E-state index in [1.165, 1.54) is 0 Å². The molecule has 1 aromatic rings. The van der Waals surface area contributed by atoms with Gasteiger partial charge in [0.05, 0.1) is 23.2 Å². The van der Waals surface area contributed by atoms with E-state index in [0.29, 0.717) is 38.0 Å². The molecule has 2 aliphatic heterocycles. The van der Waals surface area contributed by atoms with Crippen molar-refractivity contribution in [2.75, 3.05) is 19.8 Å². The van der Waals surface area contributed by atoms with E-state index in [1.54, 1.807) is 0 Å². The second-order valence-electron chi connectivity index (χ2n) is 6.56. The summed E-state index contributed by atoms with van der Waals surface area (Å²) in [5, 5.41) is 10.2. The number of alkyl halides is 3. The molecular weight excluding hydrogens is 378 g/mol. The Labute approximate surface area is 148 Å². The molecule has 1 aromatic carbocycles. The summed E-state index contributed by atoms with van der Waals surface area (Å²) in [5.74, 6) is -1.67. The minimum atomic E-state index is -5.01. The Balaban J connectivity index is 2.00. The third kappa shape index (κ3) is 3.60. The van der Waals surface area contributed by atoms with Gasteiger partial charge in [-0.3, -0.25) is 0 Å². The van der Waals surface area contributed by atoms with Crippen LogP contribution >= 0.6 is 0 Å². The Morgan fingerprint density at radius 3 is 2.62 bits per heavy atom. The van der Waals surface area contributed by atoms with E-state index in [9.17, 15) is 31.1 Å². The molecule has 5 nitrogen and oxygen atoms in total. The first kappa shape index (κ1) is 19.5. The zero-order valence-corrected chi connectivity index (χ0v) is 14.6. The fraction of sp³-hybridized carbons (Fsp3) is 0.625. The Hall–Kier alpha value is -1.23. The van der Waals surface area contributed by atoms with Gasteiger partial charge in [-0.2, -0.15) is 17.5 Å². The lowest BCUT2D eigenvalue weighted by Gasteiger charge is -2.36. The lowest BCUT2D eigenvalue weighted by atomic mass is 9.90. The first-order chi connectivity index (χ1) is 12.1. The van der Waals surface area contributed by atoms with Gasteiger partial charge >= 0.3 is 6.18 Å². The molecule has 2 heterocycles. The molecule has 2 aliphatic rings. The summed E-state index contributed by atoms with van der Waals surface area (Å²) >= 11 is 0. The number of halogens is 4. The molecule has 0 amide bonds. The van der Waals surface area contributed by atoms with Gasteiger partial charge in [0.15, 0.2) is 0 Å². The van der Waals surface area contributed by atoms with Crippen LogP contribution in [0.1, 0.15) is 24.8 Å². The van der Waals surface area contributed by atoms with Gasteiger partial charge < -0.3 is 9.84 Å². The zero-order chi connectivity index (χ0) is 19.1. The van der Waals surface area contributed by atoms with Crippen LogP contribution in [0.25, 0.3) is 0 Å².